The summed E-state index contributed by atoms with van der Waals surface area (Å²) in [6.45, 7) is 2.02. The van der Waals surface area contributed by atoms with E-state index in [0.29, 0.717) is 26.4 Å². The number of furan rings is 1. The number of thioether (sulfide) groups is 1. The monoisotopic (exact) mass is 374 g/mol. The molecule has 128 valence electrons. The number of hydrogen-bond acceptors (Lipinski definition) is 6. The number of aliphatic carboxylic acids is 1. The van der Waals surface area contributed by atoms with Gasteiger partial charge in [-0.3, -0.25) is 19.5 Å². The van der Waals surface area contributed by atoms with Crippen molar-refractivity contribution in [2.45, 2.75) is 13.3 Å². The Hall–Kier alpha value is -2.45. The minimum atomic E-state index is -0.973. The molecule has 3 heterocycles. The summed E-state index contributed by atoms with van der Waals surface area (Å²) in [5.41, 5.74) is 1.76. The molecule has 8 heteroatoms. The van der Waals surface area contributed by atoms with Crippen LogP contribution in [0.4, 0.5) is 0 Å². The minimum Gasteiger partial charge on any atom is -0.481 e. The molecule has 0 spiro atoms. The average Bonchev–Trinajstić information content (AvgIpc) is 3.12. The standard InChI is InChI=1S/C17H14N2O4S2/c1-10-2-4-12(18-9-10)13-5-3-11(23-13)8-14-16(22)19(17(24)25-14)7-6-15(20)21/h2-5,8-9H,6-7H2,1H3,(H,20,21)/b14-8+. The number of carbonyl (C=O) groups excluding carboxylic acids is 1. The molecule has 0 unspecified atom stereocenters. The maximum atomic E-state index is 12.3. The Bertz CT molecular complexity index is 871. The van der Waals surface area contributed by atoms with Gasteiger partial charge in [0.25, 0.3) is 5.91 Å². The molecule has 25 heavy (non-hydrogen) atoms. The third-order valence-corrected chi connectivity index (χ3v) is 4.86. The molecule has 1 fully saturated rings. The summed E-state index contributed by atoms with van der Waals surface area (Å²) in [6.07, 6.45) is 3.21. The summed E-state index contributed by atoms with van der Waals surface area (Å²) in [4.78, 5) is 29.0. The van der Waals surface area contributed by atoms with Crippen molar-refractivity contribution >= 4 is 46.3 Å². The maximum absolute atomic E-state index is 12.3. The van der Waals surface area contributed by atoms with E-state index >= 15 is 0 Å². The van der Waals surface area contributed by atoms with Gasteiger partial charge < -0.3 is 9.52 Å². The molecule has 1 N–H and O–H groups in total. The SMILES string of the molecule is Cc1ccc(-c2ccc(/C=C3/SC(=S)N(CCC(=O)O)C3=O)o2)nc1. The van der Waals surface area contributed by atoms with Gasteiger partial charge in [0, 0.05) is 18.8 Å². The van der Waals surface area contributed by atoms with Crippen molar-refractivity contribution in [3.63, 3.8) is 0 Å². The number of thiocarbonyl (C=S) groups is 1. The van der Waals surface area contributed by atoms with Gasteiger partial charge in [-0.1, -0.05) is 30.0 Å². The Morgan fingerprint density at radius 1 is 1.40 bits per heavy atom. The Kier molecular flexibility index (Phi) is 5.00. The third-order valence-electron chi connectivity index (χ3n) is 3.49. The summed E-state index contributed by atoms with van der Waals surface area (Å²) in [5.74, 6) is -0.161. The van der Waals surface area contributed by atoms with Crippen LogP contribution >= 0.6 is 24.0 Å². The number of carboxylic acid groups (broad SMARTS) is 1. The highest BCUT2D eigenvalue weighted by atomic mass is 32.2. The van der Waals surface area contributed by atoms with Crippen LogP contribution in [0, 0.1) is 6.92 Å². The van der Waals surface area contributed by atoms with Crippen molar-refractivity contribution in [3.8, 4) is 11.5 Å². The summed E-state index contributed by atoms with van der Waals surface area (Å²) < 4.78 is 6.08. The fourth-order valence-electron chi connectivity index (χ4n) is 2.21. The van der Waals surface area contributed by atoms with E-state index in [1.54, 1.807) is 24.4 Å². The molecular formula is C17H14N2O4S2. The lowest BCUT2D eigenvalue weighted by atomic mass is 10.2. The van der Waals surface area contributed by atoms with Crippen LogP contribution < -0.4 is 0 Å². The second kappa shape index (κ2) is 7.20. The molecule has 2 aromatic heterocycles. The smallest absolute Gasteiger partial charge is 0.305 e. The molecule has 0 aromatic carbocycles. The highest BCUT2D eigenvalue weighted by Crippen LogP contribution is 2.33. The Morgan fingerprint density at radius 3 is 2.88 bits per heavy atom. The van der Waals surface area contributed by atoms with Gasteiger partial charge in [0.1, 0.15) is 15.8 Å². The molecule has 1 amide bonds. The maximum Gasteiger partial charge on any atom is 0.305 e. The summed E-state index contributed by atoms with van der Waals surface area (Å²) >= 11 is 6.29. The first-order chi connectivity index (χ1) is 11.9. The van der Waals surface area contributed by atoms with Crippen molar-refractivity contribution in [2.24, 2.45) is 0 Å². The van der Waals surface area contributed by atoms with Crippen LogP contribution in [0.2, 0.25) is 0 Å². The minimum absolute atomic E-state index is 0.0635. The van der Waals surface area contributed by atoms with Crippen LogP contribution in [-0.2, 0) is 9.59 Å². The number of pyridine rings is 1. The van der Waals surface area contributed by atoms with Gasteiger partial charge in [0.05, 0.1) is 11.3 Å². The van der Waals surface area contributed by atoms with Gasteiger partial charge in [-0.05, 0) is 30.7 Å². The molecule has 6 nitrogen and oxygen atoms in total. The number of amides is 1. The molecule has 1 saturated heterocycles. The molecule has 2 aromatic rings. The number of hydrogen-bond donors (Lipinski definition) is 1. The first-order valence-corrected chi connectivity index (χ1v) is 8.66. The number of carboxylic acids is 1. The second-order valence-corrected chi connectivity index (χ2v) is 7.08. The van der Waals surface area contributed by atoms with Crippen LogP contribution in [0.15, 0.2) is 39.8 Å². The van der Waals surface area contributed by atoms with Gasteiger partial charge in [-0.25, -0.2) is 0 Å². The number of carbonyl (C=O) groups is 2. The number of nitrogens with zero attached hydrogens (tertiary/aromatic N) is 2. The highest BCUT2D eigenvalue weighted by Gasteiger charge is 2.32. The molecule has 1 aliphatic heterocycles. The van der Waals surface area contributed by atoms with Crippen molar-refractivity contribution < 1.29 is 19.1 Å². The fraction of sp³-hybridized carbons (Fsp3) is 0.176. The predicted molar refractivity (Wildman–Crippen MR) is 98.8 cm³/mol. The molecule has 0 radical (unpaired) electrons. The third kappa shape index (κ3) is 3.97. The highest BCUT2D eigenvalue weighted by molar-refractivity contribution is 8.26. The van der Waals surface area contributed by atoms with E-state index in [2.05, 4.69) is 4.98 Å². The van der Waals surface area contributed by atoms with E-state index in [1.165, 1.54) is 4.90 Å². The van der Waals surface area contributed by atoms with Crippen LogP contribution in [0.25, 0.3) is 17.5 Å². The van der Waals surface area contributed by atoms with Crippen LogP contribution in [0.1, 0.15) is 17.7 Å². The largest absolute Gasteiger partial charge is 0.481 e. The van der Waals surface area contributed by atoms with E-state index in [-0.39, 0.29) is 18.9 Å². The van der Waals surface area contributed by atoms with Crippen molar-refractivity contribution in [3.05, 3.63) is 46.7 Å². The van der Waals surface area contributed by atoms with Gasteiger partial charge in [0.2, 0.25) is 0 Å². The summed E-state index contributed by atoms with van der Waals surface area (Å²) in [7, 11) is 0. The predicted octanol–water partition coefficient (Wildman–Crippen LogP) is 3.33. The van der Waals surface area contributed by atoms with Gasteiger partial charge in [-0.2, -0.15) is 0 Å². The van der Waals surface area contributed by atoms with E-state index < -0.39 is 5.97 Å². The van der Waals surface area contributed by atoms with Crippen molar-refractivity contribution in [1.82, 2.24) is 9.88 Å². The van der Waals surface area contributed by atoms with Crippen molar-refractivity contribution in [2.75, 3.05) is 6.54 Å². The van der Waals surface area contributed by atoms with Crippen LogP contribution in [-0.4, -0.2) is 37.7 Å². The number of aromatic nitrogens is 1. The lowest BCUT2D eigenvalue weighted by Gasteiger charge is -2.12. The average molecular weight is 374 g/mol. The van der Waals surface area contributed by atoms with Crippen molar-refractivity contribution in [1.29, 1.82) is 0 Å². The van der Waals surface area contributed by atoms with E-state index in [4.69, 9.17) is 21.7 Å². The molecule has 0 aliphatic carbocycles. The van der Waals surface area contributed by atoms with Gasteiger partial charge >= 0.3 is 5.97 Å². The van der Waals surface area contributed by atoms with Crippen LogP contribution in [0.5, 0.6) is 0 Å². The lowest BCUT2D eigenvalue weighted by Crippen LogP contribution is -2.30. The topological polar surface area (TPSA) is 83.6 Å². The lowest BCUT2D eigenvalue weighted by molar-refractivity contribution is -0.137. The molecule has 3 rings (SSSR count). The Labute approximate surface area is 153 Å². The zero-order valence-corrected chi connectivity index (χ0v) is 14.9. The van der Waals surface area contributed by atoms with E-state index in [0.717, 1.165) is 17.3 Å². The quantitative estimate of drug-likeness (QED) is 0.635. The molecule has 1 aliphatic rings. The fourth-order valence-corrected chi connectivity index (χ4v) is 3.50. The normalized spacial score (nSPS) is 16.0. The van der Waals surface area contributed by atoms with Gasteiger partial charge in [0.15, 0.2) is 5.76 Å². The molecular weight excluding hydrogens is 360 g/mol. The first kappa shape index (κ1) is 17.4. The van der Waals surface area contributed by atoms with Gasteiger partial charge in [-0.15, -0.1) is 0 Å². The molecule has 0 atom stereocenters. The second-order valence-electron chi connectivity index (χ2n) is 5.40. The Balaban J connectivity index is 1.77. The Morgan fingerprint density at radius 2 is 2.20 bits per heavy atom. The summed E-state index contributed by atoms with van der Waals surface area (Å²) in [6, 6.07) is 7.34. The summed E-state index contributed by atoms with van der Waals surface area (Å²) in [5, 5.41) is 8.75. The molecule has 0 bridgehead atoms. The number of rotatable bonds is 5. The first-order valence-electron chi connectivity index (χ1n) is 7.44. The zero-order chi connectivity index (χ0) is 18.0. The number of aryl methyl sites for hydroxylation is 1. The van der Waals surface area contributed by atoms with Crippen LogP contribution in [0.3, 0.4) is 0 Å². The van der Waals surface area contributed by atoms with E-state index in [1.807, 2.05) is 19.1 Å². The van der Waals surface area contributed by atoms with E-state index in [9.17, 15) is 9.59 Å². The zero-order valence-electron chi connectivity index (χ0n) is 13.3. The molecule has 0 saturated carbocycles.